The van der Waals surface area contributed by atoms with Gasteiger partial charge in [0.05, 0.1) is 0 Å². The summed E-state index contributed by atoms with van der Waals surface area (Å²) in [7, 11) is 0. The Morgan fingerprint density at radius 2 is 1.61 bits per heavy atom. The van der Waals surface area contributed by atoms with Gasteiger partial charge >= 0.3 is 0 Å². The second-order valence-electron chi connectivity index (χ2n) is 4.85. The fourth-order valence-electron chi connectivity index (χ4n) is 1.81. The zero-order valence-corrected chi connectivity index (χ0v) is 12.8. The smallest absolute Gasteiger partial charge is 0.252 e. The Bertz CT molecular complexity index is 715. The van der Waals surface area contributed by atoms with Gasteiger partial charge in [-0.05, 0) is 43.3 Å². The monoisotopic (exact) mass is 338 g/mol. The van der Waals surface area contributed by atoms with Gasteiger partial charge in [-0.15, -0.1) is 0 Å². The predicted molar refractivity (Wildman–Crippen MR) is 83.4 cm³/mol. The number of rotatable bonds is 4. The molecule has 0 heterocycles. The van der Waals surface area contributed by atoms with E-state index in [2.05, 4.69) is 10.6 Å². The molecule has 23 heavy (non-hydrogen) atoms. The lowest BCUT2D eigenvalue weighted by Gasteiger charge is -2.14. The first-order valence-corrected chi connectivity index (χ1v) is 7.06. The summed E-state index contributed by atoms with van der Waals surface area (Å²) < 4.78 is 26.2. The van der Waals surface area contributed by atoms with Crippen molar-refractivity contribution in [3.05, 3.63) is 64.7 Å². The SMILES string of the molecule is C[C@@H](NC(=O)c1cc(F)cc(F)c1)C(=O)Nc1ccc(Cl)cc1. The van der Waals surface area contributed by atoms with Crippen LogP contribution in [0, 0.1) is 11.6 Å². The van der Waals surface area contributed by atoms with Crippen LogP contribution in [0.2, 0.25) is 5.02 Å². The summed E-state index contributed by atoms with van der Waals surface area (Å²) in [5, 5.41) is 5.49. The van der Waals surface area contributed by atoms with Crippen molar-refractivity contribution < 1.29 is 18.4 Å². The number of carbonyl (C=O) groups is 2. The average Bonchev–Trinajstić information content (AvgIpc) is 2.48. The van der Waals surface area contributed by atoms with E-state index in [1.807, 2.05) is 0 Å². The molecular weight excluding hydrogens is 326 g/mol. The molecule has 2 amide bonds. The van der Waals surface area contributed by atoms with Crippen molar-refractivity contribution in [1.82, 2.24) is 5.32 Å². The van der Waals surface area contributed by atoms with E-state index in [1.54, 1.807) is 24.3 Å². The maximum absolute atomic E-state index is 13.1. The Kier molecular flexibility index (Phi) is 5.28. The number of hydrogen-bond donors (Lipinski definition) is 2. The van der Waals surface area contributed by atoms with Gasteiger partial charge in [-0.3, -0.25) is 9.59 Å². The number of halogens is 3. The quantitative estimate of drug-likeness (QED) is 0.898. The lowest BCUT2D eigenvalue weighted by Crippen LogP contribution is -2.41. The lowest BCUT2D eigenvalue weighted by molar-refractivity contribution is -0.117. The summed E-state index contributed by atoms with van der Waals surface area (Å²) in [6.45, 7) is 1.46. The van der Waals surface area contributed by atoms with E-state index in [-0.39, 0.29) is 5.56 Å². The molecular formula is C16H13ClF2N2O2. The maximum Gasteiger partial charge on any atom is 0.252 e. The highest BCUT2D eigenvalue weighted by atomic mass is 35.5. The molecule has 2 rings (SSSR count). The van der Waals surface area contributed by atoms with Crippen molar-refractivity contribution in [2.24, 2.45) is 0 Å². The van der Waals surface area contributed by atoms with Gasteiger partial charge in [0.15, 0.2) is 0 Å². The molecule has 0 aromatic heterocycles. The van der Waals surface area contributed by atoms with Crippen LogP contribution in [0.3, 0.4) is 0 Å². The Morgan fingerprint density at radius 3 is 2.17 bits per heavy atom. The Morgan fingerprint density at radius 1 is 1.04 bits per heavy atom. The topological polar surface area (TPSA) is 58.2 Å². The summed E-state index contributed by atoms with van der Waals surface area (Å²) in [4.78, 5) is 23.9. The van der Waals surface area contributed by atoms with Gasteiger partial charge in [-0.2, -0.15) is 0 Å². The summed E-state index contributed by atoms with van der Waals surface area (Å²) in [5.41, 5.74) is 0.311. The lowest BCUT2D eigenvalue weighted by atomic mass is 10.2. The molecule has 4 nitrogen and oxygen atoms in total. The highest BCUT2D eigenvalue weighted by molar-refractivity contribution is 6.30. The van der Waals surface area contributed by atoms with Crippen LogP contribution in [0.25, 0.3) is 0 Å². The van der Waals surface area contributed by atoms with E-state index in [9.17, 15) is 18.4 Å². The maximum atomic E-state index is 13.1. The van der Waals surface area contributed by atoms with Gasteiger partial charge in [0.2, 0.25) is 5.91 Å². The van der Waals surface area contributed by atoms with Crippen molar-refractivity contribution in [3.8, 4) is 0 Å². The Balaban J connectivity index is 1.99. The van der Waals surface area contributed by atoms with Crippen LogP contribution in [0.15, 0.2) is 42.5 Å². The van der Waals surface area contributed by atoms with Crippen LogP contribution in [0.1, 0.15) is 17.3 Å². The molecule has 120 valence electrons. The summed E-state index contributed by atoms with van der Waals surface area (Å²) >= 11 is 5.74. The minimum Gasteiger partial charge on any atom is -0.341 e. The van der Waals surface area contributed by atoms with Crippen LogP contribution in [0.4, 0.5) is 14.5 Å². The first-order valence-electron chi connectivity index (χ1n) is 6.68. The van der Waals surface area contributed by atoms with Gasteiger partial charge in [0.1, 0.15) is 17.7 Å². The molecule has 0 bridgehead atoms. The standard InChI is InChI=1S/C16H13ClF2N2O2/c1-9(15(22)21-14-4-2-11(17)3-5-14)20-16(23)10-6-12(18)8-13(19)7-10/h2-9H,1H3,(H,20,23)(H,21,22)/t9-/m1/s1. The molecule has 7 heteroatoms. The van der Waals surface area contributed by atoms with E-state index in [0.29, 0.717) is 16.8 Å². The summed E-state index contributed by atoms with van der Waals surface area (Å²) in [5.74, 6) is -2.96. The number of nitrogens with one attached hydrogen (secondary N) is 2. The highest BCUT2D eigenvalue weighted by Gasteiger charge is 2.17. The van der Waals surface area contributed by atoms with E-state index in [1.165, 1.54) is 6.92 Å². The molecule has 0 unspecified atom stereocenters. The second-order valence-corrected chi connectivity index (χ2v) is 5.29. The van der Waals surface area contributed by atoms with Crippen molar-refractivity contribution in [2.75, 3.05) is 5.32 Å². The van der Waals surface area contributed by atoms with Crippen molar-refractivity contribution in [1.29, 1.82) is 0 Å². The molecule has 0 saturated heterocycles. The number of amides is 2. The average molecular weight is 339 g/mol. The fourth-order valence-corrected chi connectivity index (χ4v) is 1.94. The third-order valence-corrected chi connectivity index (χ3v) is 3.23. The molecule has 0 saturated carbocycles. The zero-order chi connectivity index (χ0) is 17.0. The fraction of sp³-hybridized carbons (Fsp3) is 0.125. The molecule has 2 aromatic rings. The first-order chi connectivity index (χ1) is 10.8. The molecule has 2 aromatic carbocycles. The van der Waals surface area contributed by atoms with E-state index < -0.39 is 29.5 Å². The van der Waals surface area contributed by atoms with Crippen molar-refractivity contribution in [3.63, 3.8) is 0 Å². The number of hydrogen-bond acceptors (Lipinski definition) is 2. The third kappa shape index (κ3) is 4.75. The van der Waals surface area contributed by atoms with Gasteiger partial charge < -0.3 is 10.6 Å². The highest BCUT2D eigenvalue weighted by Crippen LogP contribution is 2.13. The summed E-state index contributed by atoms with van der Waals surface area (Å²) in [6.07, 6.45) is 0. The molecule has 1 atom stereocenters. The minimum absolute atomic E-state index is 0.200. The molecule has 0 aliphatic rings. The second kappa shape index (κ2) is 7.19. The molecule has 0 spiro atoms. The van der Waals surface area contributed by atoms with Crippen LogP contribution in [0.5, 0.6) is 0 Å². The van der Waals surface area contributed by atoms with Gasteiger partial charge in [-0.25, -0.2) is 8.78 Å². The Labute approximate surface area is 136 Å². The zero-order valence-electron chi connectivity index (χ0n) is 12.1. The first kappa shape index (κ1) is 16.9. The Hall–Kier alpha value is -2.47. The molecule has 0 aliphatic heterocycles. The molecule has 2 N–H and O–H groups in total. The van der Waals surface area contributed by atoms with Gasteiger partial charge in [0.25, 0.3) is 5.91 Å². The largest absolute Gasteiger partial charge is 0.341 e. The molecule has 0 radical (unpaired) electrons. The molecule has 0 fully saturated rings. The van der Waals surface area contributed by atoms with E-state index in [4.69, 9.17) is 11.6 Å². The van der Waals surface area contributed by atoms with Crippen LogP contribution in [-0.2, 0) is 4.79 Å². The number of anilines is 1. The third-order valence-electron chi connectivity index (χ3n) is 2.98. The van der Waals surface area contributed by atoms with Crippen LogP contribution < -0.4 is 10.6 Å². The number of carbonyl (C=O) groups excluding carboxylic acids is 2. The van der Waals surface area contributed by atoms with Crippen molar-refractivity contribution >= 4 is 29.1 Å². The molecule has 0 aliphatic carbocycles. The van der Waals surface area contributed by atoms with Crippen molar-refractivity contribution in [2.45, 2.75) is 13.0 Å². The minimum atomic E-state index is -0.899. The van der Waals surface area contributed by atoms with E-state index in [0.717, 1.165) is 12.1 Å². The van der Waals surface area contributed by atoms with Gasteiger partial charge in [0, 0.05) is 22.3 Å². The van der Waals surface area contributed by atoms with Crippen LogP contribution in [-0.4, -0.2) is 17.9 Å². The summed E-state index contributed by atoms with van der Waals surface area (Å²) in [6, 6.07) is 7.97. The normalized spacial score (nSPS) is 11.7. The number of benzene rings is 2. The van der Waals surface area contributed by atoms with E-state index >= 15 is 0 Å². The predicted octanol–water partition coefficient (Wildman–Crippen LogP) is 3.38. The van der Waals surface area contributed by atoms with Crippen LogP contribution >= 0.6 is 11.6 Å². The van der Waals surface area contributed by atoms with Gasteiger partial charge in [-0.1, -0.05) is 11.6 Å².